The molecule has 4 rings (SSSR count). The topological polar surface area (TPSA) is 121 Å². The summed E-state index contributed by atoms with van der Waals surface area (Å²) in [5.74, 6) is -1.31. The van der Waals surface area contributed by atoms with E-state index < -0.39 is 21.8 Å². The monoisotopic (exact) mass is 455 g/mol. The van der Waals surface area contributed by atoms with E-state index in [1.54, 1.807) is 36.4 Å². The molecule has 0 bridgehead atoms. The minimum Gasteiger partial charge on any atom is -0.350 e. The van der Waals surface area contributed by atoms with Gasteiger partial charge in [-0.3, -0.25) is 9.59 Å². The summed E-state index contributed by atoms with van der Waals surface area (Å²) in [6.07, 6.45) is 2.82. The first-order valence-electron chi connectivity index (χ1n) is 8.87. The number of rotatable bonds is 6. The van der Waals surface area contributed by atoms with E-state index in [1.807, 2.05) is 0 Å². The molecule has 9 nitrogen and oxygen atoms in total. The Morgan fingerprint density at radius 3 is 2.13 bits per heavy atom. The minimum atomic E-state index is -3.90. The first-order valence-corrected chi connectivity index (χ1v) is 10.7. The van der Waals surface area contributed by atoms with E-state index in [4.69, 9.17) is 11.6 Å². The molecule has 11 heteroatoms. The highest BCUT2D eigenvalue weighted by atomic mass is 35.5. The molecule has 2 aromatic carbocycles. The van der Waals surface area contributed by atoms with Gasteiger partial charge in [0.05, 0.1) is 10.6 Å². The average Bonchev–Trinajstić information content (AvgIpc) is 2.98. The number of anilines is 3. The smallest absolute Gasteiger partial charge is 0.283 e. The summed E-state index contributed by atoms with van der Waals surface area (Å²) >= 11 is 6.10. The van der Waals surface area contributed by atoms with E-state index in [0.717, 1.165) is 4.90 Å². The van der Waals surface area contributed by atoms with E-state index in [1.165, 1.54) is 36.7 Å². The van der Waals surface area contributed by atoms with Crippen LogP contribution in [-0.2, 0) is 19.6 Å². The highest BCUT2D eigenvalue weighted by Gasteiger charge is 2.38. The number of benzene rings is 2. The Hall–Kier alpha value is -3.76. The average molecular weight is 456 g/mol. The third-order valence-electron chi connectivity index (χ3n) is 4.27. The predicted octanol–water partition coefficient (Wildman–Crippen LogP) is 2.71. The van der Waals surface area contributed by atoms with Gasteiger partial charge in [-0.2, -0.15) is 0 Å². The third-order valence-corrected chi connectivity index (χ3v) is 5.96. The van der Waals surface area contributed by atoms with Gasteiger partial charge >= 0.3 is 0 Å². The normalized spacial score (nSPS) is 14.2. The van der Waals surface area contributed by atoms with Crippen LogP contribution in [0.2, 0.25) is 0 Å². The lowest BCUT2D eigenvalue weighted by Gasteiger charge is -2.15. The van der Waals surface area contributed by atoms with Crippen molar-refractivity contribution in [2.75, 3.05) is 14.9 Å². The number of carbonyl (C=O) groups excluding carboxylic acids is 2. The Balaban J connectivity index is 1.53. The quantitative estimate of drug-likeness (QED) is 0.548. The molecule has 0 radical (unpaired) electrons. The molecular formula is C20H14ClN5O4S. The van der Waals surface area contributed by atoms with Crippen molar-refractivity contribution in [2.24, 2.45) is 0 Å². The zero-order valence-electron chi connectivity index (χ0n) is 15.7. The molecule has 3 aromatic rings. The van der Waals surface area contributed by atoms with E-state index in [9.17, 15) is 18.0 Å². The van der Waals surface area contributed by atoms with Crippen LogP contribution in [0.5, 0.6) is 0 Å². The summed E-state index contributed by atoms with van der Waals surface area (Å²) in [5, 5.41) is 2.54. The summed E-state index contributed by atoms with van der Waals surface area (Å²) in [5.41, 5.74) is 0.671. The Morgan fingerprint density at radius 1 is 0.839 bits per heavy atom. The lowest BCUT2D eigenvalue weighted by atomic mass is 10.3. The van der Waals surface area contributed by atoms with Gasteiger partial charge in [0, 0.05) is 18.1 Å². The number of hydrogen-bond donors (Lipinski definition) is 2. The second-order valence-electron chi connectivity index (χ2n) is 6.30. The molecule has 0 spiro atoms. The summed E-state index contributed by atoms with van der Waals surface area (Å²) in [4.78, 5) is 33.8. The van der Waals surface area contributed by atoms with Crippen molar-refractivity contribution >= 4 is 50.8 Å². The summed E-state index contributed by atoms with van der Waals surface area (Å²) in [6, 6.07) is 15.5. The molecule has 1 aromatic heterocycles. The van der Waals surface area contributed by atoms with Crippen molar-refractivity contribution in [1.29, 1.82) is 0 Å². The minimum absolute atomic E-state index is 0.0367. The first kappa shape index (κ1) is 20.5. The van der Waals surface area contributed by atoms with Crippen LogP contribution in [0, 0.1) is 0 Å². The Labute approximate surface area is 182 Å². The molecule has 1 aliphatic heterocycles. The number of imide groups is 1. The van der Waals surface area contributed by atoms with Gasteiger partial charge in [-0.05, 0) is 42.5 Å². The van der Waals surface area contributed by atoms with Crippen LogP contribution in [0.3, 0.4) is 0 Å². The highest BCUT2D eigenvalue weighted by Crippen LogP contribution is 2.30. The largest absolute Gasteiger partial charge is 0.350 e. The van der Waals surface area contributed by atoms with Crippen molar-refractivity contribution in [3.8, 4) is 0 Å². The van der Waals surface area contributed by atoms with Crippen LogP contribution >= 0.6 is 11.6 Å². The maximum absolute atomic E-state index is 12.7. The van der Waals surface area contributed by atoms with Crippen LogP contribution < -0.4 is 14.9 Å². The third kappa shape index (κ3) is 4.11. The summed E-state index contributed by atoms with van der Waals surface area (Å²) in [6.45, 7) is 0. The van der Waals surface area contributed by atoms with E-state index in [-0.39, 0.29) is 21.6 Å². The van der Waals surface area contributed by atoms with Crippen LogP contribution in [0.25, 0.3) is 0 Å². The molecule has 2 amide bonds. The molecule has 2 N–H and O–H groups in total. The van der Waals surface area contributed by atoms with Crippen LogP contribution in [0.4, 0.5) is 17.3 Å². The molecule has 0 saturated carbocycles. The Kier molecular flexibility index (Phi) is 5.40. The second-order valence-corrected chi connectivity index (χ2v) is 8.36. The second kappa shape index (κ2) is 8.17. The number of nitrogens with zero attached hydrogens (tertiary/aromatic N) is 3. The van der Waals surface area contributed by atoms with Crippen LogP contribution in [0.15, 0.2) is 88.7 Å². The molecule has 0 unspecified atom stereocenters. The SMILES string of the molecule is O=C1C(Cl)=C(Nc2ccc(S(=O)(=O)Nc3ncccn3)cc2)C(=O)N1c1ccccc1. The van der Waals surface area contributed by atoms with Gasteiger partial charge in [0.2, 0.25) is 5.95 Å². The van der Waals surface area contributed by atoms with E-state index in [0.29, 0.717) is 11.4 Å². The fourth-order valence-electron chi connectivity index (χ4n) is 2.82. The molecule has 0 aliphatic carbocycles. The maximum Gasteiger partial charge on any atom is 0.283 e. The van der Waals surface area contributed by atoms with Gasteiger partial charge in [0.1, 0.15) is 10.7 Å². The standard InChI is InChI=1S/C20H14ClN5O4S/c21-16-17(19(28)26(18(16)27)14-5-2-1-3-6-14)24-13-7-9-15(10-8-13)31(29,30)25-20-22-11-4-12-23-20/h1-12,24H,(H,22,23,25). The van der Waals surface area contributed by atoms with Crippen molar-refractivity contribution in [1.82, 2.24) is 9.97 Å². The van der Waals surface area contributed by atoms with Crippen molar-refractivity contribution in [3.05, 3.63) is 83.8 Å². The molecule has 1 aliphatic rings. The van der Waals surface area contributed by atoms with Gasteiger partial charge in [-0.25, -0.2) is 28.0 Å². The maximum atomic E-state index is 12.7. The van der Waals surface area contributed by atoms with Gasteiger partial charge in [-0.15, -0.1) is 0 Å². The molecule has 2 heterocycles. The lowest BCUT2D eigenvalue weighted by Crippen LogP contribution is -2.32. The number of carbonyl (C=O) groups is 2. The lowest BCUT2D eigenvalue weighted by molar-refractivity contribution is -0.120. The van der Waals surface area contributed by atoms with E-state index >= 15 is 0 Å². The summed E-state index contributed by atoms with van der Waals surface area (Å²) < 4.78 is 27.2. The molecule has 31 heavy (non-hydrogen) atoms. The molecule has 0 saturated heterocycles. The van der Waals surface area contributed by atoms with Crippen LogP contribution in [-0.4, -0.2) is 30.2 Å². The number of nitrogens with one attached hydrogen (secondary N) is 2. The molecule has 0 atom stereocenters. The molecule has 0 fully saturated rings. The first-order chi connectivity index (χ1) is 14.9. The van der Waals surface area contributed by atoms with Gasteiger partial charge in [0.25, 0.3) is 21.8 Å². The number of amides is 2. The predicted molar refractivity (Wildman–Crippen MR) is 115 cm³/mol. The van der Waals surface area contributed by atoms with Gasteiger partial charge in [-0.1, -0.05) is 29.8 Å². The number of halogens is 1. The zero-order chi connectivity index (χ0) is 22.0. The van der Waals surface area contributed by atoms with E-state index in [2.05, 4.69) is 20.0 Å². The highest BCUT2D eigenvalue weighted by molar-refractivity contribution is 7.92. The summed E-state index contributed by atoms with van der Waals surface area (Å²) in [7, 11) is -3.90. The number of para-hydroxylation sites is 1. The van der Waals surface area contributed by atoms with Crippen molar-refractivity contribution in [2.45, 2.75) is 4.90 Å². The van der Waals surface area contributed by atoms with Gasteiger partial charge in [0.15, 0.2) is 0 Å². The van der Waals surface area contributed by atoms with Gasteiger partial charge < -0.3 is 5.32 Å². The number of aromatic nitrogens is 2. The Morgan fingerprint density at radius 2 is 1.48 bits per heavy atom. The van der Waals surface area contributed by atoms with Crippen LogP contribution in [0.1, 0.15) is 0 Å². The van der Waals surface area contributed by atoms with Crippen molar-refractivity contribution in [3.63, 3.8) is 0 Å². The molecular weight excluding hydrogens is 442 g/mol. The molecule has 156 valence electrons. The van der Waals surface area contributed by atoms with Crippen molar-refractivity contribution < 1.29 is 18.0 Å². The number of hydrogen-bond acceptors (Lipinski definition) is 7. The fourth-order valence-corrected chi connectivity index (χ4v) is 3.99. The number of sulfonamides is 1. The zero-order valence-corrected chi connectivity index (χ0v) is 17.3. The fraction of sp³-hybridized carbons (Fsp3) is 0. The Bertz CT molecular complexity index is 1280.